The number of ether oxygens (including phenoxy) is 1. The maximum Gasteiger partial charge on any atom is 0.422 e. The molecule has 1 amide bonds. The van der Waals surface area contributed by atoms with Crippen LogP contribution in [-0.4, -0.2) is 38.6 Å². The van der Waals surface area contributed by atoms with E-state index in [9.17, 15) is 26.4 Å². The topological polar surface area (TPSA) is 111 Å². The van der Waals surface area contributed by atoms with Crippen LogP contribution in [0.3, 0.4) is 0 Å². The van der Waals surface area contributed by atoms with Gasteiger partial charge in [-0.05, 0) is 36.2 Å². The van der Waals surface area contributed by atoms with Gasteiger partial charge in [-0.3, -0.25) is 9.78 Å². The van der Waals surface area contributed by atoms with Crippen LogP contribution >= 0.6 is 0 Å². The molecule has 7 nitrogen and oxygen atoms in total. The van der Waals surface area contributed by atoms with Crippen molar-refractivity contribution in [2.75, 3.05) is 13.2 Å². The zero-order chi connectivity index (χ0) is 22.6. The first-order valence-electron chi connectivity index (χ1n) is 9.01. The number of nitrogens with zero attached hydrogens (tertiary/aromatic N) is 1. The number of benzene rings is 2. The Morgan fingerprint density at radius 2 is 1.87 bits per heavy atom. The van der Waals surface area contributed by atoms with Crippen molar-refractivity contribution >= 4 is 26.8 Å². The van der Waals surface area contributed by atoms with Crippen molar-refractivity contribution in [1.82, 2.24) is 10.3 Å². The first-order chi connectivity index (χ1) is 14.5. The van der Waals surface area contributed by atoms with E-state index in [1.807, 2.05) is 24.3 Å². The van der Waals surface area contributed by atoms with Crippen LogP contribution in [0.4, 0.5) is 13.2 Å². The lowest BCUT2D eigenvalue weighted by atomic mass is 10.1. The van der Waals surface area contributed by atoms with E-state index in [0.29, 0.717) is 11.1 Å². The Labute approximate surface area is 176 Å². The maximum atomic E-state index is 12.4. The van der Waals surface area contributed by atoms with Crippen LogP contribution in [0, 0.1) is 0 Å². The molecule has 0 fully saturated rings. The normalized spacial score (nSPS) is 12.0. The van der Waals surface area contributed by atoms with Crippen LogP contribution in [0.5, 0.6) is 5.75 Å². The number of fused-ring (bicyclic) bond motifs is 1. The van der Waals surface area contributed by atoms with Gasteiger partial charge in [0, 0.05) is 18.1 Å². The molecule has 0 saturated carbocycles. The summed E-state index contributed by atoms with van der Waals surface area (Å²) < 4.78 is 65.1. The average Bonchev–Trinajstić information content (AvgIpc) is 2.71. The number of nitrogens with one attached hydrogen (secondary N) is 1. The molecule has 3 N–H and O–H groups in total. The summed E-state index contributed by atoms with van der Waals surface area (Å²) in [5.74, 6) is -0.857. The molecule has 0 atom stereocenters. The Morgan fingerprint density at radius 1 is 1.13 bits per heavy atom. The minimum atomic E-state index is -4.63. The van der Waals surface area contributed by atoms with Gasteiger partial charge in [-0.2, -0.15) is 13.2 Å². The predicted octanol–water partition coefficient (Wildman–Crippen LogP) is 2.80. The number of carbonyl (C=O) groups is 1. The van der Waals surface area contributed by atoms with Crippen LogP contribution in [0.25, 0.3) is 10.9 Å². The van der Waals surface area contributed by atoms with Crippen molar-refractivity contribution in [3.8, 4) is 5.75 Å². The van der Waals surface area contributed by atoms with Gasteiger partial charge in [0.1, 0.15) is 10.6 Å². The quantitative estimate of drug-likeness (QED) is 0.572. The fourth-order valence-corrected chi connectivity index (χ4v) is 3.55. The summed E-state index contributed by atoms with van der Waals surface area (Å²) in [6, 6.07) is 12.7. The van der Waals surface area contributed by atoms with Gasteiger partial charge < -0.3 is 10.1 Å². The molecule has 3 aromatic rings. The summed E-state index contributed by atoms with van der Waals surface area (Å²) >= 11 is 0. The van der Waals surface area contributed by atoms with Crippen LogP contribution in [0.1, 0.15) is 15.9 Å². The molecule has 0 aliphatic heterocycles. The lowest BCUT2D eigenvalue weighted by Crippen LogP contribution is -2.26. The second-order valence-corrected chi connectivity index (χ2v) is 8.18. The highest BCUT2D eigenvalue weighted by molar-refractivity contribution is 7.89. The predicted molar refractivity (Wildman–Crippen MR) is 107 cm³/mol. The van der Waals surface area contributed by atoms with Gasteiger partial charge in [0.2, 0.25) is 10.0 Å². The Hall–Kier alpha value is -3.18. The molecule has 0 unspecified atom stereocenters. The number of alkyl halides is 3. The molecule has 1 aromatic heterocycles. The molecule has 3 rings (SSSR count). The van der Waals surface area contributed by atoms with Crippen LogP contribution < -0.4 is 15.2 Å². The van der Waals surface area contributed by atoms with Gasteiger partial charge in [0.25, 0.3) is 5.91 Å². The van der Waals surface area contributed by atoms with Gasteiger partial charge in [-0.25, -0.2) is 13.6 Å². The number of pyridine rings is 1. The summed E-state index contributed by atoms with van der Waals surface area (Å²) in [6.07, 6.45) is -2.96. The van der Waals surface area contributed by atoms with Gasteiger partial charge >= 0.3 is 6.18 Å². The second kappa shape index (κ2) is 8.90. The van der Waals surface area contributed by atoms with E-state index in [1.54, 1.807) is 6.07 Å². The van der Waals surface area contributed by atoms with Crippen molar-refractivity contribution in [1.29, 1.82) is 0 Å². The number of aromatic nitrogens is 1. The molecule has 0 aliphatic rings. The molecule has 2 aromatic carbocycles. The van der Waals surface area contributed by atoms with E-state index >= 15 is 0 Å². The highest BCUT2D eigenvalue weighted by Crippen LogP contribution is 2.26. The SMILES string of the molecule is NS(=O)(=O)c1cc(CCNC(=O)c2cnc3ccccc3c2)ccc1OCC(F)(F)F. The monoisotopic (exact) mass is 453 g/mol. The van der Waals surface area contributed by atoms with E-state index in [0.717, 1.165) is 23.0 Å². The first-order valence-corrected chi connectivity index (χ1v) is 10.6. The summed E-state index contributed by atoms with van der Waals surface area (Å²) in [7, 11) is -4.32. The number of rotatable bonds is 7. The molecule has 0 aliphatic carbocycles. The van der Waals surface area contributed by atoms with E-state index in [2.05, 4.69) is 15.0 Å². The number of carbonyl (C=O) groups excluding carboxylic acids is 1. The zero-order valence-corrected chi connectivity index (χ0v) is 16.8. The Kier molecular flexibility index (Phi) is 6.46. The zero-order valence-electron chi connectivity index (χ0n) is 16.0. The average molecular weight is 453 g/mol. The summed E-state index contributed by atoms with van der Waals surface area (Å²) in [4.78, 5) is 16.0. The number of halogens is 3. The molecular weight excluding hydrogens is 435 g/mol. The third kappa shape index (κ3) is 6.15. The summed E-state index contributed by atoms with van der Waals surface area (Å²) in [5.41, 5.74) is 1.56. The number of amides is 1. The molecule has 0 bridgehead atoms. The van der Waals surface area contributed by atoms with Gasteiger partial charge in [-0.1, -0.05) is 24.3 Å². The smallest absolute Gasteiger partial charge is 0.422 e. The minimum absolute atomic E-state index is 0.151. The third-order valence-electron chi connectivity index (χ3n) is 4.26. The van der Waals surface area contributed by atoms with Crippen molar-refractivity contribution < 1.29 is 31.1 Å². The fourth-order valence-electron chi connectivity index (χ4n) is 2.83. The lowest BCUT2D eigenvalue weighted by molar-refractivity contribution is -0.153. The van der Waals surface area contributed by atoms with Crippen molar-refractivity contribution in [2.45, 2.75) is 17.5 Å². The van der Waals surface area contributed by atoms with Gasteiger partial charge in [-0.15, -0.1) is 0 Å². The number of sulfonamides is 1. The van der Waals surface area contributed by atoms with E-state index in [4.69, 9.17) is 5.14 Å². The molecule has 0 radical (unpaired) electrons. The van der Waals surface area contributed by atoms with Crippen LogP contribution in [-0.2, 0) is 16.4 Å². The minimum Gasteiger partial charge on any atom is -0.483 e. The fraction of sp³-hybridized carbons (Fsp3) is 0.200. The maximum absolute atomic E-state index is 12.4. The van der Waals surface area contributed by atoms with E-state index in [1.165, 1.54) is 12.3 Å². The Balaban J connectivity index is 1.67. The third-order valence-corrected chi connectivity index (χ3v) is 5.19. The van der Waals surface area contributed by atoms with Crippen LogP contribution in [0.2, 0.25) is 0 Å². The van der Waals surface area contributed by atoms with Gasteiger partial charge in [0.15, 0.2) is 6.61 Å². The van der Waals surface area contributed by atoms with E-state index in [-0.39, 0.29) is 18.9 Å². The number of para-hydroxylation sites is 1. The Morgan fingerprint density at radius 3 is 2.58 bits per heavy atom. The first kappa shape index (κ1) is 22.5. The standard InChI is InChI=1S/C20H18F3N3O4S/c21-20(22,23)12-30-17-6-5-13(9-18(17)31(24,28)29)7-8-25-19(27)15-10-14-3-1-2-4-16(14)26-11-15/h1-6,9-11H,7-8,12H2,(H,25,27)(H2,24,28,29). The number of primary sulfonamides is 1. The van der Waals surface area contributed by atoms with Crippen molar-refractivity contribution in [2.24, 2.45) is 5.14 Å². The molecule has 11 heteroatoms. The second-order valence-electron chi connectivity index (χ2n) is 6.65. The molecular formula is C20H18F3N3O4S. The summed E-state index contributed by atoms with van der Waals surface area (Å²) in [6.45, 7) is -1.50. The molecule has 0 saturated heterocycles. The molecule has 1 heterocycles. The van der Waals surface area contributed by atoms with Crippen molar-refractivity contribution in [3.05, 3.63) is 65.9 Å². The largest absolute Gasteiger partial charge is 0.483 e. The highest BCUT2D eigenvalue weighted by atomic mass is 32.2. The summed E-state index contributed by atoms with van der Waals surface area (Å²) in [5, 5.41) is 8.60. The number of hydrogen-bond acceptors (Lipinski definition) is 5. The lowest BCUT2D eigenvalue weighted by Gasteiger charge is -2.13. The van der Waals surface area contributed by atoms with E-state index < -0.39 is 33.5 Å². The number of nitrogens with two attached hydrogens (primary N) is 1. The highest BCUT2D eigenvalue weighted by Gasteiger charge is 2.29. The molecule has 31 heavy (non-hydrogen) atoms. The number of hydrogen-bond donors (Lipinski definition) is 2. The Bertz CT molecular complexity index is 1210. The van der Waals surface area contributed by atoms with Gasteiger partial charge in [0.05, 0.1) is 11.1 Å². The molecule has 0 spiro atoms. The van der Waals surface area contributed by atoms with Crippen molar-refractivity contribution in [3.63, 3.8) is 0 Å². The molecule has 164 valence electrons. The van der Waals surface area contributed by atoms with Crippen LogP contribution in [0.15, 0.2) is 59.6 Å².